The van der Waals surface area contributed by atoms with Gasteiger partial charge in [0.2, 0.25) is 0 Å². The van der Waals surface area contributed by atoms with E-state index in [-0.39, 0.29) is 11.6 Å². The minimum absolute atomic E-state index is 0.00378. The van der Waals surface area contributed by atoms with Crippen LogP contribution in [0.4, 0.5) is 8.78 Å². The molecule has 1 aliphatic heterocycles. The first-order valence-corrected chi connectivity index (χ1v) is 6.37. The Hall–Kier alpha value is -1.00. The Labute approximate surface area is 106 Å². The number of piperidine rings is 1. The molecule has 1 heterocycles. The second kappa shape index (κ2) is 5.76. The Kier molecular flexibility index (Phi) is 4.30. The summed E-state index contributed by atoms with van der Waals surface area (Å²) in [7, 11) is 0. The van der Waals surface area contributed by atoms with Gasteiger partial charge in [0.1, 0.15) is 0 Å². The molecule has 2 N–H and O–H groups in total. The molecular weight excluding hydrogens is 236 g/mol. The Balaban J connectivity index is 2.05. The maximum atomic E-state index is 12.4. The number of halogens is 2. The molecule has 0 aromatic heterocycles. The van der Waals surface area contributed by atoms with Crippen molar-refractivity contribution in [3.63, 3.8) is 0 Å². The van der Waals surface area contributed by atoms with Crippen molar-refractivity contribution in [1.82, 2.24) is 5.32 Å². The first-order valence-electron chi connectivity index (χ1n) is 6.37. The van der Waals surface area contributed by atoms with Crippen molar-refractivity contribution in [3.05, 3.63) is 35.4 Å². The summed E-state index contributed by atoms with van der Waals surface area (Å²) in [5.41, 5.74) is 0.696. The second-order valence-electron chi connectivity index (χ2n) is 5.10. The minimum Gasteiger partial charge on any atom is -0.387 e. The second-order valence-corrected chi connectivity index (χ2v) is 5.10. The molecule has 0 radical (unpaired) electrons. The predicted molar refractivity (Wildman–Crippen MR) is 66.5 cm³/mol. The number of rotatable bonds is 3. The molecule has 1 aliphatic rings. The molecule has 1 saturated heterocycles. The van der Waals surface area contributed by atoms with E-state index in [2.05, 4.69) is 12.2 Å². The van der Waals surface area contributed by atoms with Crippen LogP contribution >= 0.6 is 0 Å². The molecular formula is C14H19F2NO. The fraction of sp³-hybridized carbons (Fsp3) is 0.571. The van der Waals surface area contributed by atoms with Crippen LogP contribution in [0.15, 0.2) is 24.3 Å². The molecule has 2 nitrogen and oxygen atoms in total. The van der Waals surface area contributed by atoms with E-state index in [1.807, 2.05) is 0 Å². The topological polar surface area (TPSA) is 32.3 Å². The molecule has 3 unspecified atom stereocenters. The Morgan fingerprint density at radius 2 is 1.83 bits per heavy atom. The summed E-state index contributed by atoms with van der Waals surface area (Å²) in [6.07, 6.45) is -1.05. The van der Waals surface area contributed by atoms with E-state index in [4.69, 9.17) is 0 Å². The predicted octanol–water partition coefficient (Wildman–Crippen LogP) is 3.05. The maximum Gasteiger partial charge on any atom is 0.263 e. The van der Waals surface area contributed by atoms with Crippen molar-refractivity contribution in [2.24, 2.45) is 5.92 Å². The summed E-state index contributed by atoms with van der Waals surface area (Å²) >= 11 is 0. The van der Waals surface area contributed by atoms with Crippen molar-refractivity contribution < 1.29 is 13.9 Å². The van der Waals surface area contributed by atoms with Gasteiger partial charge in [-0.25, -0.2) is 8.78 Å². The molecule has 2 rings (SSSR count). The van der Waals surface area contributed by atoms with Crippen molar-refractivity contribution in [2.75, 3.05) is 6.54 Å². The zero-order valence-corrected chi connectivity index (χ0v) is 10.4. The van der Waals surface area contributed by atoms with Crippen LogP contribution in [0.25, 0.3) is 0 Å². The first kappa shape index (κ1) is 13.4. The summed E-state index contributed by atoms with van der Waals surface area (Å²) in [4.78, 5) is 0. The number of alkyl halides is 2. The fourth-order valence-corrected chi connectivity index (χ4v) is 2.46. The van der Waals surface area contributed by atoms with Gasteiger partial charge < -0.3 is 10.4 Å². The highest BCUT2D eigenvalue weighted by atomic mass is 19.3. The summed E-state index contributed by atoms with van der Waals surface area (Å²) in [6.45, 7) is 3.07. The molecule has 4 heteroatoms. The quantitative estimate of drug-likeness (QED) is 0.870. The SMILES string of the molecule is CC1CCNC(C(O)c2ccc(C(F)F)cc2)C1. The smallest absolute Gasteiger partial charge is 0.263 e. The minimum atomic E-state index is -2.45. The number of nitrogens with one attached hydrogen (secondary N) is 1. The lowest BCUT2D eigenvalue weighted by Crippen LogP contribution is -2.41. The van der Waals surface area contributed by atoms with Crippen LogP contribution in [-0.2, 0) is 0 Å². The van der Waals surface area contributed by atoms with Gasteiger partial charge in [-0.3, -0.25) is 0 Å². The van der Waals surface area contributed by atoms with E-state index in [0.717, 1.165) is 19.4 Å². The van der Waals surface area contributed by atoms with E-state index in [0.29, 0.717) is 11.5 Å². The molecule has 0 amide bonds. The fourth-order valence-electron chi connectivity index (χ4n) is 2.46. The van der Waals surface area contributed by atoms with E-state index in [9.17, 15) is 13.9 Å². The zero-order valence-electron chi connectivity index (χ0n) is 10.4. The van der Waals surface area contributed by atoms with Crippen LogP contribution < -0.4 is 5.32 Å². The van der Waals surface area contributed by atoms with Gasteiger partial charge in [0.15, 0.2) is 0 Å². The van der Waals surface area contributed by atoms with Gasteiger partial charge in [0, 0.05) is 11.6 Å². The number of aliphatic hydroxyl groups is 1. The third-order valence-corrected chi connectivity index (χ3v) is 3.61. The van der Waals surface area contributed by atoms with Gasteiger partial charge in [-0.15, -0.1) is 0 Å². The number of hydrogen-bond acceptors (Lipinski definition) is 2. The normalized spacial score (nSPS) is 26.3. The molecule has 18 heavy (non-hydrogen) atoms. The number of aliphatic hydroxyl groups excluding tert-OH is 1. The lowest BCUT2D eigenvalue weighted by atomic mass is 9.88. The van der Waals surface area contributed by atoms with Gasteiger partial charge in [-0.1, -0.05) is 31.2 Å². The van der Waals surface area contributed by atoms with Gasteiger partial charge in [-0.2, -0.15) is 0 Å². The third kappa shape index (κ3) is 3.06. The van der Waals surface area contributed by atoms with Crippen molar-refractivity contribution in [3.8, 4) is 0 Å². The molecule has 0 aliphatic carbocycles. The molecule has 1 aromatic rings. The Bertz CT molecular complexity index is 380. The first-order chi connectivity index (χ1) is 8.58. The molecule has 0 bridgehead atoms. The molecule has 100 valence electrons. The van der Waals surface area contributed by atoms with Crippen LogP contribution in [0, 0.1) is 5.92 Å². The summed E-state index contributed by atoms with van der Waals surface area (Å²) in [5.74, 6) is 0.589. The highest BCUT2D eigenvalue weighted by Gasteiger charge is 2.25. The van der Waals surface area contributed by atoms with Gasteiger partial charge in [0.25, 0.3) is 6.43 Å². The highest BCUT2D eigenvalue weighted by Crippen LogP contribution is 2.27. The lowest BCUT2D eigenvalue weighted by molar-refractivity contribution is 0.101. The summed E-state index contributed by atoms with van der Waals surface area (Å²) < 4.78 is 24.9. The van der Waals surface area contributed by atoms with E-state index >= 15 is 0 Å². The summed E-state index contributed by atoms with van der Waals surface area (Å²) in [5, 5.41) is 13.5. The Morgan fingerprint density at radius 1 is 1.22 bits per heavy atom. The van der Waals surface area contributed by atoms with Gasteiger partial charge >= 0.3 is 0 Å². The van der Waals surface area contributed by atoms with Crippen LogP contribution in [0.1, 0.15) is 43.4 Å². The van der Waals surface area contributed by atoms with Crippen molar-refractivity contribution >= 4 is 0 Å². The van der Waals surface area contributed by atoms with Crippen LogP contribution in [-0.4, -0.2) is 17.7 Å². The standard InChI is InChI=1S/C14H19F2NO/c1-9-6-7-17-12(8-9)13(18)10-2-4-11(5-3-10)14(15)16/h2-5,9,12-14,17-18H,6-8H2,1H3. The lowest BCUT2D eigenvalue weighted by Gasteiger charge is -2.32. The average Bonchev–Trinajstić information content (AvgIpc) is 2.38. The Morgan fingerprint density at radius 3 is 2.39 bits per heavy atom. The monoisotopic (exact) mass is 255 g/mol. The van der Waals surface area contributed by atoms with E-state index in [1.54, 1.807) is 12.1 Å². The van der Waals surface area contributed by atoms with Crippen LogP contribution in [0.5, 0.6) is 0 Å². The number of hydrogen-bond donors (Lipinski definition) is 2. The molecule has 1 aromatic carbocycles. The molecule has 0 saturated carbocycles. The van der Waals surface area contributed by atoms with Gasteiger partial charge in [0.05, 0.1) is 6.10 Å². The highest BCUT2D eigenvalue weighted by molar-refractivity contribution is 5.25. The van der Waals surface area contributed by atoms with Crippen LogP contribution in [0.3, 0.4) is 0 Å². The van der Waals surface area contributed by atoms with Crippen molar-refractivity contribution in [2.45, 2.75) is 38.3 Å². The van der Waals surface area contributed by atoms with Crippen LogP contribution in [0.2, 0.25) is 0 Å². The van der Waals surface area contributed by atoms with Crippen molar-refractivity contribution in [1.29, 1.82) is 0 Å². The molecule has 1 fully saturated rings. The van der Waals surface area contributed by atoms with E-state index < -0.39 is 12.5 Å². The molecule has 0 spiro atoms. The maximum absolute atomic E-state index is 12.4. The zero-order chi connectivity index (χ0) is 13.1. The average molecular weight is 255 g/mol. The van der Waals surface area contributed by atoms with E-state index in [1.165, 1.54) is 12.1 Å². The third-order valence-electron chi connectivity index (χ3n) is 3.61. The van der Waals surface area contributed by atoms with Gasteiger partial charge in [-0.05, 0) is 30.9 Å². The summed E-state index contributed by atoms with van der Waals surface area (Å²) in [6, 6.07) is 5.97. The largest absolute Gasteiger partial charge is 0.387 e. The molecule has 3 atom stereocenters. The number of benzene rings is 1.